The van der Waals surface area contributed by atoms with E-state index in [-0.39, 0.29) is 24.1 Å². The van der Waals surface area contributed by atoms with Crippen molar-refractivity contribution in [1.82, 2.24) is 4.90 Å². The van der Waals surface area contributed by atoms with E-state index in [1.165, 1.54) is 28.8 Å². The van der Waals surface area contributed by atoms with Gasteiger partial charge in [0.05, 0.1) is 5.69 Å². The van der Waals surface area contributed by atoms with Crippen LogP contribution in [0.5, 0.6) is 0 Å². The third kappa shape index (κ3) is 4.11. The maximum atomic E-state index is 13.0. The molecule has 0 saturated carbocycles. The number of carbonyl (C=O) groups excluding carboxylic acids is 2. The van der Waals surface area contributed by atoms with E-state index >= 15 is 0 Å². The van der Waals surface area contributed by atoms with Gasteiger partial charge in [-0.1, -0.05) is 30.0 Å². The molecular formula is C19H18FN3O2S. The number of hydrogen-bond acceptors (Lipinski definition) is 4. The van der Waals surface area contributed by atoms with Gasteiger partial charge in [0.2, 0.25) is 11.8 Å². The fourth-order valence-corrected chi connectivity index (χ4v) is 3.66. The summed E-state index contributed by atoms with van der Waals surface area (Å²) in [6.45, 7) is 1.91. The van der Waals surface area contributed by atoms with Crippen LogP contribution >= 0.6 is 11.8 Å². The molecule has 1 N–H and O–H groups in total. The number of benzene rings is 2. The van der Waals surface area contributed by atoms with Gasteiger partial charge in [0.25, 0.3) is 0 Å². The molecule has 134 valence electrons. The summed E-state index contributed by atoms with van der Waals surface area (Å²) in [5, 5.41) is 2.81. The van der Waals surface area contributed by atoms with Crippen LogP contribution in [-0.2, 0) is 9.59 Å². The highest BCUT2D eigenvalue weighted by molar-refractivity contribution is 8.15. The largest absolute Gasteiger partial charge is 0.326 e. The summed E-state index contributed by atoms with van der Waals surface area (Å²) in [6.07, 6.45) is 0.0601. The van der Waals surface area contributed by atoms with Gasteiger partial charge in [-0.15, -0.1) is 0 Å². The van der Waals surface area contributed by atoms with Gasteiger partial charge in [0, 0.05) is 19.2 Å². The number of para-hydroxylation sites is 1. The molecule has 7 heteroatoms. The molecule has 26 heavy (non-hydrogen) atoms. The Hall–Kier alpha value is -2.67. The number of aliphatic imine (C=N–C) groups is 1. The average molecular weight is 371 g/mol. The van der Waals surface area contributed by atoms with Crippen molar-refractivity contribution in [1.29, 1.82) is 0 Å². The number of hydrogen-bond donors (Lipinski definition) is 1. The Labute approximate surface area is 155 Å². The van der Waals surface area contributed by atoms with Crippen LogP contribution in [0.1, 0.15) is 12.0 Å². The first kappa shape index (κ1) is 18.1. The zero-order valence-corrected chi connectivity index (χ0v) is 15.2. The molecular weight excluding hydrogens is 353 g/mol. The van der Waals surface area contributed by atoms with E-state index in [2.05, 4.69) is 10.3 Å². The molecule has 1 heterocycles. The minimum Gasteiger partial charge on any atom is -0.326 e. The molecule has 1 aliphatic rings. The number of halogens is 1. The van der Waals surface area contributed by atoms with Crippen LogP contribution in [0.3, 0.4) is 0 Å². The Kier molecular flexibility index (Phi) is 5.37. The van der Waals surface area contributed by atoms with Gasteiger partial charge < -0.3 is 5.32 Å². The van der Waals surface area contributed by atoms with Gasteiger partial charge in [-0.2, -0.15) is 0 Å². The summed E-state index contributed by atoms with van der Waals surface area (Å²) in [5.74, 6) is -0.736. The predicted octanol–water partition coefficient (Wildman–Crippen LogP) is 3.72. The van der Waals surface area contributed by atoms with Gasteiger partial charge in [0.1, 0.15) is 11.1 Å². The smallest absolute Gasteiger partial charge is 0.242 e. The fourth-order valence-electron chi connectivity index (χ4n) is 2.51. The Morgan fingerprint density at radius 1 is 1.23 bits per heavy atom. The number of thioether (sulfide) groups is 1. The SMILES string of the molecule is Cc1ccccc1NC(=O)CC1SC(=Nc2ccc(F)cc2)N(C)C1=O. The first-order chi connectivity index (χ1) is 12.4. The molecule has 0 aliphatic carbocycles. The van der Waals surface area contributed by atoms with Crippen LogP contribution in [0.2, 0.25) is 0 Å². The number of carbonyl (C=O) groups is 2. The number of anilines is 1. The van der Waals surface area contributed by atoms with Crippen molar-refractivity contribution in [2.24, 2.45) is 4.99 Å². The second-order valence-corrected chi connectivity index (χ2v) is 7.11. The van der Waals surface area contributed by atoms with E-state index in [0.717, 1.165) is 11.3 Å². The zero-order valence-electron chi connectivity index (χ0n) is 14.4. The van der Waals surface area contributed by atoms with E-state index in [9.17, 15) is 14.0 Å². The molecule has 0 bridgehead atoms. The standard InChI is InChI=1S/C19H18FN3O2S/c1-12-5-3-4-6-15(12)22-17(24)11-16-18(25)23(2)19(26-16)21-14-9-7-13(20)8-10-14/h3-10,16H,11H2,1-2H3,(H,22,24). The Balaban J connectivity index is 1.67. The predicted molar refractivity (Wildman–Crippen MR) is 102 cm³/mol. The van der Waals surface area contributed by atoms with Crippen molar-refractivity contribution in [2.45, 2.75) is 18.6 Å². The summed E-state index contributed by atoms with van der Waals surface area (Å²) in [7, 11) is 1.62. The summed E-state index contributed by atoms with van der Waals surface area (Å²) in [5.41, 5.74) is 2.25. The number of rotatable bonds is 4. The topological polar surface area (TPSA) is 61.8 Å². The quantitative estimate of drug-likeness (QED) is 0.891. The van der Waals surface area contributed by atoms with Crippen molar-refractivity contribution >= 4 is 40.1 Å². The minimum atomic E-state index is -0.525. The lowest BCUT2D eigenvalue weighted by Gasteiger charge is -2.10. The second-order valence-electron chi connectivity index (χ2n) is 5.94. The zero-order chi connectivity index (χ0) is 18.7. The molecule has 1 saturated heterocycles. The van der Waals surface area contributed by atoms with E-state index in [4.69, 9.17) is 0 Å². The highest BCUT2D eigenvalue weighted by Gasteiger charge is 2.37. The molecule has 0 radical (unpaired) electrons. The molecule has 1 atom stereocenters. The van der Waals surface area contributed by atoms with Crippen molar-refractivity contribution < 1.29 is 14.0 Å². The lowest BCUT2D eigenvalue weighted by atomic mass is 10.2. The summed E-state index contributed by atoms with van der Waals surface area (Å²) < 4.78 is 13.0. The van der Waals surface area contributed by atoms with E-state index in [0.29, 0.717) is 10.9 Å². The molecule has 3 rings (SSSR count). The fraction of sp³-hybridized carbons (Fsp3) is 0.211. The van der Waals surface area contributed by atoms with Crippen molar-refractivity contribution in [3.8, 4) is 0 Å². The normalized spacial score (nSPS) is 18.4. The Morgan fingerprint density at radius 2 is 1.92 bits per heavy atom. The number of amidine groups is 1. The summed E-state index contributed by atoms with van der Waals surface area (Å²) in [4.78, 5) is 30.5. The third-order valence-electron chi connectivity index (χ3n) is 3.98. The molecule has 1 fully saturated rings. The Bertz CT molecular complexity index is 867. The highest BCUT2D eigenvalue weighted by atomic mass is 32.2. The van der Waals surface area contributed by atoms with Gasteiger partial charge >= 0.3 is 0 Å². The summed E-state index contributed by atoms with van der Waals surface area (Å²) in [6, 6.07) is 13.2. The van der Waals surface area contributed by atoms with Crippen LogP contribution in [0.4, 0.5) is 15.8 Å². The number of aryl methyl sites for hydroxylation is 1. The number of amides is 2. The maximum Gasteiger partial charge on any atom is 0.242 e. The van der Waals surface area contributed by atoms with Crippen molar-refractivity contribution in [3.05, 3.63) is 59.9 Å². The van der Waals surface area contributed by atoms with Gasteiger partial charge in [-0.25, -0.2) is 9.38 Å². The van der Waals surface area contributed by atoms with Crippen LogP contribution < -0.4 is 5.32 Å². The Morgan fingerprint density at radius 3 is 2.62 bits per heavy atom. The molecule has 0 aromatic heterocycles. The number of nitrogens with zero attached hydrogens (tertiary/aromatic N) is 2. The van der Waals surface area contributed by atoms with Gasteiger partial charge in [-0.05, 0) is 42.8 Å². The molecule has 2 aromatic carbocycles. The third-order valence-corrected chi connectivity index (χ3v) is 5.21. The van der Waals surface area contributed by atoms with Gasteiger partial charge in [-0.3, -0.25) is 14.5 Å². The summed E-state index contributed by atoms with van der Waals surface area (Å²) >= 11 is 1.24. The van der Waals surface area contributed by atoms with E-state index < -0.39 is 5.25 Å². The first-order valence-electron chi connectivity index (χ1n) is 8.08. The number of nitrogens with one attached hydrogen (secondary N) is 1. The van der Waals surface area contributed by atoms with Crippen molar-refractivity contribution in [2.75, 3.05) is 12.4 Å². The molecule has 5 nitrogen and oxygen atoms in total. The molecule has 1 aliphatic heterocycles. The lowest BCUT2D eigenvalue weighted by Crippen LogP contribution is -2.30. The molecule has 2 aromatic rings. The van der Waals surface area contributed by atoms with E-state index in [1.807, 2.05) is 31.2 Å². The van der Waals surface area contributed by atoms with Crippen LogP contribution in [0.25, 0.3) is 0 Å². The molecule has 0 spiro atoms. The average Bonchev–Trinajstić information content (AvgIpc) is 2.87. The van der Waals surface area contributed by atoms with Crippen LogP contribution in [0.15, 0.2) is 53.5 Å². The minimum absolute atomic E-state index is 0.0601. The molecule has 1 unspecified atom stereocenters. The van der Waals surface area contributed by atoms with E-state index in [1.54, 1.807) is 19.2 Å². The molecule has 2 amide bonds. The van der Waals surface area contributed by atoms with Gasteiger partial charge in [0.15, 0.2) is 5.17 Å². The maximum absolute atomic E-state index is 13.0. The first-order valence-corrected chi connectivity index (χ1v) is 8.96. The highest BCUT2D eigenvalue weighted by Crippen LogP contribution is 2.31. The monoisotopic (exact) mass is 371 g/mol. The van der Waals surface area contributed by atoms with Crippen LogP contribution in [0, 0.1) is 12.7 Å². The lowest BCUT2D eigenvalue weighted by molar-refractivity contribution is -0.127. The van der Waals surface area contributed by atoms with Crippen LogP contribution in [-0.4, -0.2) is 34.2 Å². The second kappa shape index (κ2) is 7.70. The van der Waals surface area contributed by atoms with Crippen molar-refractivity contribution in [3.63, 3.8) is 0 Å².